The van der Waals surface area contributed by atoms with Crippen molar-refractivity contribution in [2.45, 2.75) is 11.3 Å². The molecule has 2 N–H and O–H groups in total. The van der Waals surface area contributed by atoms with E-state index in [1.807, 2.05) is 24.3 Å². The van der Waals surface area contributed by atoms with Crippen LogP contribution in [0.3, 0.4) is 0 Å². The minimum atomic E-state index is -3.60. The fraction of sp³-hybridized carbons (Fsp3) is 0.200. The van der Waals surface area contributed by atoms with Gasteiger partial charge in [0, 0.05) is 12.6 Å². The first-order valence-electron chi connectivity index (χ1n) is 6.58. The van der Waals surface area contributed by atoms with Crippen molar-refractivity contribution in [2.24, 2.45) is 0 Å². The summed E-state index contributed by atoms with van der Waals surface area (Å²) in [5.74, 6) is 0.364. The van der Waals surface area contributed by atoms with Gasteiger partial charge in [-0.3, -0.25) is 4.31 Å². The summed E-state index contributed by atoms with van der Waals surface area (Å²) in [5, 5.41) is 0. The highest BCUT2D eigenvalue weighted by Crippen LogP contribution is 2.34. The molecule has 0 fully saturated rings. The van der Waals surface area contributed by atoms with Gasteiger partial charge in [0.15, 0.2) is 0 Å². The smallest absolute Gasteiger partial charge is 0.264 e. The molecule has 0 aromatic heterocycles. The van der Waals surface area contributed by atoms with Crippen LogP contribution in [0.4, 0.5) is 11.4 Å². The second-order valence-corrected chi connectivity index (χ2v) is 6.72. The van der Waals surface area contributed by atoms with E-state index in [2.05, 4.69) is 0 Å². The van der Waals surface area contributed by atoms with Gasteiger partial charge >= 0.3 is 0 Å². The largest absolute Gasteiger partial charge is 0.495 e. The van der Waals surface area contributed by atoms with E-state index in [1.54, 1.807) is 6.07 Å². The van der Waals surface area contributed by atoms with Crippen LogP contribution in [0.15, 0.2) is 47.4 Å². The third kappa shape index (κ3) is 2.21. The fourth-order valence-electron chi connectivity index (χ4n) is 2.54. The molecule has 0 saturated carbocycles. The van der Waals surface area contributed by atoms with Gasteiger partial charge in [-0.25, -0.2) is 8.42 Å². The lowest BCUT2D eigenvalue weighted by Crippen LogP contribution is -2.29. The summed E-state index contributed by atoms with van der Waals surface area (Å²) in [5.41, 5.74) is 7.94. The number of ether oxygens (including phenoxy) is 1. The molecule has 0 bridgehead atoms. The SMILES string of the molecule is COc1cc(S(=O)(=O)N2CCc3ccccc32)ccc1N. The molecule has 0 atom stereocenters. The lowest BCUT2D eigenvalue weighted by Gasteiger charge is -2.20. The van der Waals surface area contributed by atoms with E-state index in [9.17, 15) is 8.42 Å². The van der Waals surface area contributed by atoms with E-state index in [-0.39, 0.29) is 4.90 Å². The van der Waals surface area contributed by atoms with Crippen molar-refractivity contribution < 1.29 is 13.2 Å². The number of sulfonamides is 1. The average Bonchev–Trinajstić information content (AvgIpc) is 2.92. The van der Waals surface area contributed by atoms with E-state index in [0.717, 1.165) is 17.7 Å². The van der Waals surface area contributed by atoms with Gasteiger partial charge < -0.3 is 10.5 Å². The molecule has 6 heteroatoms. The summed E-state index contributed by atoms with van der Waals surface area (Å²) in [7, 11) is -2.14. The van der Waals surface area contributed by atoms with E-state index in [4.69, 9.17) is 10.5 Å². The van der Waals surface area contributed by atoms with Crippen LogP contribution in [0.5, 0.6) is 5.75 Å². The number of fused-ring (bicyclic) bond motifs is 1. The Balaban J connectivity index is 2.06. The molecule has 0 saturated heterocycles. The van der Waals surface area contributed by atoms with E-state index >= 15 is 0 Å². The highest BCUT2D eigenvalue weighted by Gasteiger charge is 2.30. The molecule has 21 heavy (non-hydrogen) atoms. The van der Waals surface area contributed by atoms with Crippen molar-refractivity contribution in [1.29, 1.82) is 0 Å². The number of methoxy groups -OCH3 is 1. The Labute approximate surface area is 124 Å². The van der Waals surface area contributed by atoms with Gasteiger partial charge in [0.25, 0.3) is 10.0 Å². The zero-order valence-electron chi connectivity index (χ0n) is 11.6. The zero-order chi connectivity index (χ0) is 15.0. The molecule has 2 aromatic carbocycles. The van der Waals surface area contributed by atoms with Crippen LogP contribution in [0.25, 0.3) is 0 Å². The first-order valence-corrected chi connectivity index (χ1v) is 8.02. The summed E-state index contributed by atoms with van der Waals surface area (Å²) in [6, 6.07) is 12.1. The standard InChI is InChI=1S/C15H16N2O3S/c1-20-15-10-12(6-7-13(15)16)21(18,19)17-9-8-11-4-2-3-5-14(11)17/h2-7,10H,8-9,16H2,1H3. The fourth-order valence-corrected chi connectivity index (χ4v) is 4.06. The molecule has 5 nitrogen and oxygen atoms in total. The Morgan fingerprint density at radius 2 is 1.95 bits per heavy atom. The molecular weight excluding hydrogens is 288 g/mol. The van der Waals surface area contributed by atoms with Crippen LogP contribution in [0, 0.1) is 0 Å². The highest BCUT2D eigenvalue weighted by molar-refractivity contribution is 7.92. The molecule has 3 rings (SSSR count). The van der Waals surface area contributed by atoms with Crippen LogP contribution in [-0.2, 0) is 16.4 Å². The summed E-state index contributed by atoms with van der Waals surface area (Å²) < 4.78 is 32.2. The summed E-state index contributed by atoms with van der Waals surface area (Å²) in [4.78, 5) is 0.185. The van der Waals surface area contributed by atoms with Crippen LogP contribution in [-0.4, -0.2) is 22.1 Å². The third-order valence-corrected chi connectivity index (χ3v) is 5.45. The minimum Gasteiger partial charge on any atom is -0.495 e. The van der Waals surface area contributed by atoms with Crippen molar-refractivity contribution in [3.05, 3.63) is 48.0 Å². The summed E-state index contributed by atoms with van der Waals surface area (Å²) >= 11 is 0. The van der Waals surface area contributed by atoms with E-state index < -0.39 is 10.0 Å². The van der Waals surface area contributed by atoms with Crippen LogP contribution < -0.4 is 14.8 Å². The van der Waals surface area contributed by atoms with Crippen molar-refractivity contribution in [1.82, 2.24) is 0 Å². The molecule has 0 aliphatic carbocycles. The molecule has 0 unspecified atom stereocenters. The first kappa shape index (κ1) is 13.8. The number of nitrogens with two attached hydrogens (primary N) is 1. The normalized spacial score (nSPS) is 14.0. The Bertz CT molecular complexity index is 787. The molecule has 110 valence electrons. The van der Waals surface area contributed by atoms with Gasteiger partial charge in [0.1, 0.15) is 5.75 Å². The maximum absolute atomic E-state index is 12.8. The topological polar surface area (TPSA) is 72.6 Å². The molecule has 0 amide bonds. The van der Waals surface area contributed by atoms with E-state index in [0.29, 0.717) is 18.0 Å². The Morgan fingerprint density at radius 3 is 2.71 bits per heavy atom. The lowest BCUT2D eigenvalue weighted by atomic mass is 10.2. The lowest BCUT2D eigenvalue weighted by molar-refractivity contribution is 0.415. The third-order valence-electron chi connectivity index (χ3n) is 3.64. The Hall–Kier alpha value is -2.21. The molecule has 1 aliphatic heterocycles. The van der Waals surface area contributed by atoms with Gasteiger partial charge in [-0.15, -0.1) is 0 Å². The van der Waals surface area contributed by atoms with Gasteiger partial charge in [0.2, 0.25) is 0 Å². The number of benzene rings is 2. The number of nitrogens with zero attached hydrogens (tertiary/aromatic N) is 1. The van der Waals surface area contributed by atoms with Gasteiger partial charge in [-0.2, -0.15) is 0 Å². The summed E-state index contributed by atoms with van der Waals surface area (Å²) in [6.07, 6.45) is 0.724. The van der Waals surface area contributed by atoms with Crippen molar-refractivity contribution >= 4 is 21.4 Å². The Kier molecular flexibility index (Phi) is 3.25. The molecule has 0 spiro atoms. The van der Waals surface area contributed by atoms with Crippen LogP contribution >= 0.6 is 0 Å². The van der Waals surface area contributed by atoms with Crippen molar-refractivity contribution in [2.75, 3.05) is 23.7 Å². The number of nitrogen functional groups attached to an aromatic ring is 1. The second kappa shape index (κ2) is 4.96. The highest BCUT2D eigenvalue weighted by atomic mass is 32.2. The predicted octanol–water partition coefficient (Wildman–Crippen LogP) is 2.03. The van der Waals surface area contributed by atoms with Crippen molar-refractivity contribution in [3.63, 3.8) is 0 Å². The number of para-hydroxylation sites is 1. The van der Waals surface area contributed by atoms with Crippen LogP contribution in [0.2, 0.25) is 0 Å². The van der Waals surface area contributed by atoms with E-state index in [1.165, 1.54) is 23.5 Å². The molecular formula is C15H16N2O3S. The number of hydrogen-bond donors (Lipinski definition) is 1. The summed E-state index contributed by atoms with van der Waals surface area (Å²) in [6.45, 7) is 0.453. The quantitative estimate of drug-likeness (QED) is 0.881. The van der Waals surface area contributed by atoms with Gasteiger partial charge in [-0.05, 0) is 30.2 Å². The minimum absolute atomic E-state index is 0.185. The van der Waals surface area contributed by atoms with Crippen molar-refractivity contribution in [3.8, 4) is 5.75 Å². The average molecular weight is 304 g/mol. The molecule has 1 aliphatic rings. The van der Waals surface area contributed by atoms with Crippen LogP contribution in [0.1, 0.15) is 5.56 Å². The Morgan fingerprint density at radius 1 is 1.19 bits per heavy atom. The first-order chi connectivity index (χ1) is 10.0. The molecule has 0 radical (unpaired) electrons. The number of rotatable bonds is 3. The predicted molar refractivity (Wildman–Crippen MR) is 82.1 cm³/mol. The second-order valence-electron chi connectivity index (χ2n) is 4.86. The maximum Gasteiger partial charge on any atom is 0.264 e. The maximum atomic E-state index is 12.8. The molecule has 2 aromatic rings. The monoisotopic (exact) mass is 304 g/mol. The van der Waals surface area contributed by atoms with Gasteiger partial charge in [-0.1, -0.05) is 18.2 Å². The molecule has 1 heterocycles. The zero-order valence-corrected chi connectivity index (χ0v) is 12.4. The number of anilines is 2. The van der Waals surface area contributed by atoms with Gasteiger partial charge in [0.05, 0.1) is 23.4 Å². The number of hydrogen-bond acceptors (Lipinski definition) is 4.